The number of ketones is 1. The molecule has 2 aromatic rings. The van der Waals surface area contributed by atoms with Crippen LogP contribution in [0.2, 0.25) is 0 Å². The molecule has 2 aromatic carbocycles. The highest BCUT2D eigenvalue weighted by atomic mass is 16.7. The molecule has 0 amide bonds. The van der Waals surface area contributed by atoms with E-state index in [1.165, 1.54) is 26.4 Å². The Balaban J connectivity index is 1.77. The van der Waals surface area contributed by atoms with Gasteiger partial charge in [-0.05, 0) is 29.8 Å². The van der Waals surface area contributed by atoms with Crippen molar-refractivity contribution >= 4 is 11.5 Å². The molecule has 0 bridgehead atoms. The summed E-state index contributed by atoms with van der Waals surface area (Å²) in [5.74, 6) is 0.660. The molecule has 1 heterocycles. The summed E-state index contributed by atoms with van der Waals surface area (Å²) in [5, 5.41) is 10.7. The van der Waals surface area contributed by atoms with Crippen LogP contribution in [-0.2, 0) is 9.47 Å². The summed E-state index contributed by atoms with van der Waals surface area (Å²) in [6, 6.07) is 10.8. The Kier molecular flexibility index (Phi) is 5.15. The third kappa shape index (κ3) is 3.66. The number of carbonyl (C=O) groups is 1. The number of Topliss-reactive ketones (excluding diaryl/α,β-unsaturated/α-hetero) is 1. The van der Waals surface area contributed by atoms with Crippen molar-refractivity contribution in [3.8, 4) is 11.5 Å². The van der Waals surface area contributed by atoms with Gasteiger partial charge in [0.05, 0.1) is 17.6 Å². The number of nitrogens with zero attached hydrogens (tertiary/aromatic N) is 1. The molecule has 2 atom stereocenters. The van der Waals surface area contributed by atoms with Crippen LogP contribution in [0.5, 0.6) is 11.5 Å². The van der Waals surface area contributed by atoms with Crippen LogP contribution in [0.1, 0.15) is 22.0 Å². The van der Waals surface area contributed by atoms with E-state index in [1.807, 2.05) is 0 Å². The Morgan fingerprint density at radius 3 is 2.54 bits per heavy atom. The number of nitro benzene ring substituents is 1. The predicted molar refractivity (Wildman–Crippen MR) is 90.5 cm³/mol. The lowest BCUT2D eigenvalue weighted by molar-refractivity contribution is -0.384. The molecule has 1 saturated heterocycles. The zero-order valence-electron chi connectivity index (χ0n) is 14.2. The molecule has 26 heavy (non-hydrogen) atoms. The summed E-state index contributed by atoms with van der Waals surface area (Å²) in [6.45, 7) is -0.00917. The maximum Gasteiger partial charge on any atom is 0.269 e. The third-order valence-corrected chi connectivity index (χ3v) is 3.97. The Morgan fingerprint density at radius 2 is 1.92 bits per heavy atom. The highest BCUT2D eigenvalue weighted by molar-refractivity contribution is 6.03. The van der Waals surface area contributed by atoms with Gasteiger partial charge >= 0.3 is 0 Å². The number of ether oxygens (including phenoxy) is 4. The van der Waals surface area contributed by atoms with E-state index >= 15 is 0 Å². The minimum absolute atomic E-state index is 0.00917. The lowest BCUT2D eigenvalue weighted by atomic mass is 10.0. The number of benzene rings is 2. The molecule has 0 saturated carbocycles. The molecule has 8 heteroatoms. The van der Waals surface area contributed by atoms with Gasteiger partial charge in [0.1, 0.15) is 17.6 Å². The normalized spacial score (nSPS) is 18.2. The second kappa shape index (κ2) is 7.51. The molecule has 0 radical (unpaired) electrons. The number of hydrogen-bond acceptors (Lipinski definition) is 7. The summed E-state index contributed by atoms with van der Waals surface area (Å²) in [7, 11) is 3.00. The fraction of sp³-hybridized carbons (Fsp3) is 0.278. The largest absolute Gasteiger partial charge is 0.497 e. The van der Waals surface area contributed by atoms with Crippen LogP contribution in [0.25, 0.3) is 0 Å². The predicted octanol–water partition coefficient (Wildman–Crippen LogP) is 2.91. The van der Waals surface area contributed by atoms with Gasteiger partial charge in [-0.25, -0.2) is 0 Å². The molecule has 1 fully saturated rings. The first-order valence-electron chi connectivity index (χ1n) is 7.79. The van der Waals surface area contributed by atoms with Crippen molar-refractivity contribution in [3.63, 3.8) is 0 Å². The zero-order valence-corrected chi connectivity index (χ0v) is 14.2. The summed E-state index contributed by atoms with van der Waals surface area (Å²) in [5.41, 5.74) is 1.06. The zero-order chi connectivity index (χ0) is 18.7. The number of rotatable bonds is 8. The van der Waals surface area contributed by atoms with Crippen molar-refractivity contribution in [3.05, 3.63) is 63.7 Å². The third-order valence-electron chi connectivity index (χ3n) is 3.97. The molecule has 1 aliphatic rings. The highest BCUT2D eigenvalue weighted by Crippen LogP contribution is 2.42. The molecular weight excluding hydrogens is 342 g/mol. The number of methoxy groups -OCH3 is 2. The number of hydrogen-bond donors (Lipinski definition) is 0. The van der Waals surface area contributed by atoms with Crippen molar-refractivity contribution in [2.45, 2.75) is 12.2 Å². The molecule has 8 nitrogen and oxygen atoms in total. The van der Waals surface area contributed by atoms with Crippen LogP contribution in [-0.4, -0.2) is 37.8 Å². The molecule has 0 aromatic heterocycles. The van der Waals surface area contributed by atoms with E-state index in [1.54, 1.807) is 30.3 Å². The van der Waals surface area contributed by atoms with Crippen LogP contribution in [0.3, 0.4) is 0 Å². The van der Waals surface area contributed by atoms with E-state index in [9.17, 15) is 14.9 Å². The lowest BCUT2D eigenvalue weighted by Gasteiger charge is -2.11. The smallest absolute Gasteiger partial charge is 0.269 e. The van der Waals surface area contributed by atoms with Gasteiger partial charge < -0.3 is 18.9 Å². The van der Waals surface area contributed by atoms with Gasteiger partial charge in [0.25, 0.3) is 5.69 Å². The fourth-order valence-corrected chi connectivity index (χ4v) is 2.58. The topological polar surface area (TPSA) is 100 Å². The Bertz CT molecular complexity index is 819. The molecule has 0 N–H and O–H groups in total. The van der Waals surface area contributed by atoms with Gasteiger partial charge in [0, 0.05) is 25.3 Å². The first-order valence-corrected chi connectivity index (χ1v) is 7.79. The molecule has 0 spiro atoms. The number of carbonyl (C=O) groups excluding carboxylic acids is 1. The Morgan fingerprint density at radius 1 is 1.19 bits per heavy atom. The van der Waals surface area contributed by atoms with Gasteiger partial charge in [-0.2, -0.15) is 0 Å². The van der Waals surface area contributed by atoms with E-state index in [0.29, 0.717) is 22.6 Å². The van der Waals surface area contributed by atoms with E-state index in [0.717, 1.165) is 0 Å². The molecule has 0 aliphatic carbocycles. The average molecular weight is 359 g/mol. The molecule has 3 rings (SSSR count). The summed E-state index contributed by atoms with van der Waals surface area (Å²) in [4.78, 5) is 23.0. The Hall–Kier alpha value is -2.97. The van der Waals surface area contributed by atoms with Gasteiger partial charge in [-0.15, -0.1) is 0 Å². The molecule has 0 unspecified atom stereocenters. The summed E-state index contributed by atoms with van der Waals surface area (Å²) >= 11 is 0. The van der Waals surface area contributed by atoms with E-state index < -0.39 is 17.1 Å². The Labute approximate surface area is 149 Å². The average Bonchev–Trinajstić information content (AvgIpc) is 3.46. The summed E-state index contributed by atoms with van der Waals surface area (Å²) < 4.78 is 21.0. The first-order chi connectivity index (χ1) is 12.5. The van der Waals surface area contributed by atoms with Crippen molar-refractivity contribution < 1.29 is 28.7 Å². The standard InChI is InChI=1S/C18H17NO7/c1-23-10-25-15-9-13(24-2)7-8-14(15)16(20)18-17(26-18)11-3-5-12(6-4-11)19(21)22/h3-9,17-18H,10H2,1-2H3/t17-,18-/m0/s1. The van der Waals surface area contributed by atoms with Crippen molar-refractivity contribution in [1.29, 1.82) is 0 Å². The fourth-order valence-electron chi connectivity index (χ4n) is 2.58. The second-order valence-corrected chi connectivity index (χ2v) is 5.60. The quantitative estimate of drug-likeness (QED) is 0.235. The lowest BCUT2D eigenvalue weighted by Crippen LogP contribution is -2.12. The van der Waals surface area contributed by atoms with E-state index in [-0.39, 0.29) is 18.3 Å². The minimum atomic E-state index is -0.658. The molecular formula is C18H17NO7. The van der Waals surface area contributed by atoms with Crippen LogP contribution < -0.4 is 9.47 Å². The van der Waals surface area contributed by atoms with E-state index in [4.69, 9.17) is 18.9 Å². The summed E-state index contributed by atoms with van der Waals surface area (Å²) in [6.07, 6.45) is -1.09. The van der Waals surface area contributed by atoms with Crippen molar-refractivity contribution in [1.82, 2.24) is 0 Å². The minimum Gasteiger partial charge on any atom is -0.497 e. The number of nitro groups is 1. The van der Waals surface area contributed by atoms with Crippen LogP contribution in [0.15, 0.2) is 42.5 Å². The van der Waals surface area contributed by atoms with Gasteiger partial charge in [0.15, 0.2) is 18.7 Å². The van der Waals surface area contributed by atoms with Crippen molar-refractivity contribution in [2.75, 3.05) is 21.0 Å². The van der Waals surface area contributed by atoms with E-state index in [2.05, 4.69) is 0 Å². The first kappa shape index (κ1) is 17.8. The number of non-ortho nitro benzene ring substituents is 1. The van der Waals surface area contributed by atoms with Crippen LogP contribution >= 0.6 is 0 Å². The van der Waals surface area contributed by atoms with Crippen molar-refractivity contribution in [2.24, 2.45) is 0 Å². The van der Waals surface area contributed by atoms with Crippen LogP contribution in [0, 0.1) is 10.1 Å². The maximum absolute atomic E-state index is 12.8. The maximum atomic E-state index is 12.8. The highest BCUT2D eigenvalue weighted by Gasteiger charge is 2.47. The van der Waals surface area contributed by atoms with Crippen LogP contribution in [0.4, 0.5) is 5.69 Å². The van der Waals surface area contributed by atoms with Gasteiger partial charge in [-0.1, -0.05) is 0 Å². The van der Waals surface area contributed by atoms with Gasteiger partial charge in [0.2, 0.25) is 0 Å². The SMILES string of the molecule is COCOc1cc(OC)ccc1C(=O)[C@@H]1O[C@H]1c1ccc([N+](=O)[O-])cc1. The monoisotopic (exact) mass is 359 g/mol. The molecule has 136 valence electrons. The van der Waals surface area contributed by atoms with Gasteiger partial charge in [-0.3, -0.25) is 14.9 Å². The second-order valence-electron chi connectivity index (χ2n) is 5.60. The number of epoxide rings is 1. The molecule has 1 aliphatic heterocycles.